The van der Waals surface area contributed by atoms with E-state index in [4.69, 9.17) is 9.47 Å². The van der Waals surface area contributed by atoms with E-state index in [1.807, 2.05) is 41.5 Å². The summed E-state index contributed by atoms with van der Waals surface area (Å²) in [5.74, 6) is 0.268. The van der Waals surface area contributed by atoms with Gasteiger partial charge in [-0.1, -0.05) is 0 Å². The van der Waals surface area contributed by atoms with E-state index < -0.39 is 35.5 Å². The first-order valence-electron chi connectivity index (χ1n) is 8.39. The maximum absolute atomic E-state index is 10.3. The van der Waals surface area contributed by atoms with Crippen molar-refractivity contribution in [1.29, 1.82) is 0 Å². The zero-order valence-corrected chi connectivity index (χ0v) is 15.6. The monoisotopic (exact) mass is 355 g/mol. The molecule has 0 saturated carbocycles. The molecule has 4 N–H and O–H groups in total. The molecule has 142 valence electrons. The van der Waals surface area contributed by atoms with Crippen molar-refractivity contribution >= 4 is 0 Å². The molecule has 0 spiro atoms. The minimum atomic E-state index is -1.11. The number of ether oxygens (including phenoxy) is 2. The van der Waals surface area contributed by atoms with Crippen LogP contribution in [0.2, 0.25) is 0 Å². The minimum Gasteiger partial charge on any atom is -0.472 e. The number of nitrogens with zero attached hydrogens (tertiary/aromatic N) is 2. The number of aliphatic hydroxyl groups excluding tert-OH is 3. The van der Waals surface area contributed by atoms with Gasteiger partial charge < -0.3 is 24.8 Å². The Balaban J connectivity index is 2.39. The van der Waals surface area contributed by atoms with Crippen LogP contribution >= 0.6 is 0 Å². The van der Waals surface area contributed by atoms with Crippen molar-refractivity contribution in [2.24, 2.45) is 0 Å². The summed E-state index contributed by atoms with van der Waals surface area (Å²) in [6, 6.07) is -1.12. The number of nitrogens with one attached hydrogen (secondary N) is 1. The largest absolute Gasteiger partial charge is 0.472 e. The molecule has 0 bridgehead atoms. The molecule has 2 rings (SSSR count). The van der Waals surface area contributed by atoms with Crippen molar-refractivity contribution < 1.29 is 24.8 Å². The first-order chi connectivity index (χ1) is 11.4. The highest BCUT2D eigenvalue weighted by Gasteiger charge is 2.43. The molecule has 1 aromatic rings. The highest BCUT2D eigenvalue weighted by atomic mass is 16.5. The average Bonchev–Trinajstić information content (AvgIpc) is 2.72. The van der Waals surface area contributed by atoms with E-state index >= 15 is 0 Å². The van der Waals surface area contributed by atoms with E-state index in [9.17, 15) is 15.3 Å². The predicted octanol–water partition coefficient (Wildman–Crippen LogP) is 0.558. The zero-order valence-electron chi connectivity index (χ0n) is 15.6. The molecule has 8 heteroatoms. The van der Waals surface area contributed by atoms with Crippen LogP contribution in [0.1, 0.15) is 53.1 Å². The van der Waals surface area contributed by atoms with Crippen LogP contribution in [0.3, 0.4) is 0 Å². The molecular formula is C17H29N3O5. The molecule has 0 radical (unpaired) electrons. The third-order valence-corrected chi connectivity index (χ3v) is 3.59. The Morgan fingerprint density at radius 2 is 1.64 bits per heavy atom. The molecule has 8 nitrogen and oxygen atoms in total. The van der Waals surface area contributed by atoms with Gasteiger partial charge in [0.25, 0.3) is 0 Å². The Labute approximate surface area is 148 Å². The van der Waals surface area contributed by atoms with Crippen molar-refractivity contribution in [1.82, 2.24) is 15.3 Å². The number of aliphatic hydroxyl groups is 3. The van der Waals surface area contributed by atoms with Crippen molar-refractivity contribution in [2.45, 2.75) is 77.0 Å². The van der Waals surface area contributed by atoms with E-state index in [1.165, 1.54) is 6.20 Å². The topological polar surface area (TPSA) is 117 Å². The van der Waals surface area contributed by atoms with Gasteiger partial charge in [-0.25, -0.2) is 4.98 Å². The van der Waals surface area contributed by atoms with E-state index in [0.717, 1.165) is 0 Å². The predicted molar refractivity (Wildman–Crippen MR) is 91.6 cm³/mol. The van der Waals surface area contributed by atoms with Gasteiger partial charge in [0.05, 0.1) is 30.4 Å². The Hall–Kier alpha value is -1.48. The Morgan fingerprint density at radius 1 is 1.04 bits per heavy atom. The highest BCUT2D eigenvalue weighted by molar-refractivity contribution is 5.32. The number of hydrogen-bond donors (Lipinski definition) is 4. The van der Waals surface area contributed by atoms with Gasteiger partial charge in [-0.2, -0.15) is 4.98 Å². The molecule has 0 aliphatic carbocycles. The zero-order chi connectivity index (χ0) is 19.0. The SMILES string of the molecule is CC(C)(C)Oc1ncc([C@H]2N[C@@H](CO)[C@@H](O)[C@H]2O)c(OC(C)(C)C)n1. The van der Waals surface area contributed by atoms with E-state index in [-0.39, 0.29) is 18.5 Å². The summed E-state index contributed by atoms with van der Waals surface area (Å²) in [7, 11) is 0. The molecule has 4 atom stereocenters. The summed E-state index contributed by atoms with van der Waals surface area (Å²) in [5, 5.41) is 32.7. The van der Waals surface area contributed by atoms with Crippen LogP contribution < -0.4 is 14.8 Å². The van der Waals surface area contributed by atoms with Crippen LogP contribution in [0.25, 0.3) is 0 Å². The molecular weight excluding hydrogens is 326 g/mol. The van der Waals surface area contributed by atoms with Gasteiger partial charge in [-0.05, 0) is 41.5 Å². The normalized spacial score (nSPS) is 27.4. The summed E-state index contributed by atoms with van der Waals surface area (Å²) in [6.07, 6.45) is -0.692. The van der Waals surface area contributed by atoms with Crippen LogP contribution in [-0.4, -0.2) is 61.3 Å². The fraction of sp³-hybridized carbons (Fsp3) is 0.765. The van der Waals surface area contributed by atoms with E-state index in [1.54, 1.807) is 0 Å². The van der Waals surface area contributed by atoms with Crippen molar-refractivity contribution in [3.63, 3.8) is 0 Å². The molecule has 1 aromatic heterocycles. The lowest BCUT2D eigenvalue weighted by Gasteiger charge is -2.26. The first-order valence-corrected chi connectivity index (χ1v) is 8.39. The molecule has 2 heterocycles. The van der Waals surface area contributed by atoms with Crippen LogP contribution in [-0.2, 0) is 0 Å². The third kappa shape index (κ3) is 5.01. The summed E-state index contributed by atoms with van der Waals surface area (Å²) in [5.41, 5.74) is -0.497. The quantitative estimate of drug-likeness (QED) is 0.619. The maximum Gasteiger partial charge on any atom is 0.320 e. The molecule has 0 aromatic carbocycles. The van der Waals surface area contributed by atoms with Crippen molar-refractivity contribution in [3.05, 3.63) is 11.8 Å². The molecule has 25 heavy (non-hydrogen) atoms. The van der Waals surface area contributed by atoms with Gasteiger partial charge in [0.2, 0.25) is 5.88 Å². The minimum absolute atomic E-state index is 0.169. The Kier molecular flexibility index (Phi) is 5.58. The van der Waals surface area contributed by atoms with Gasteiger partial charge in [-0.3, -0.25) is 5.32 Å². The van der Waals surface area contributed by atoms with Gasteiger partial charge >= 0.3 is 6.01 Å². The fourth-order valence-corrected chi connectivity index (χ4v) is 2.57. The summed E-state index contributed by atoms with van der Waals surface area (Å²) >= 11 is 0. The van der Waals surface area contributed by atoms with Gasteiger partial charge in [0.15, 0.2) is 0 Å². The standard InChI is InChI=1S/C17H29N3O5/c1-16(2,3)24-14-9(7-18-15(20-14)25-17(4,5)6)11-13(23)12(22)10(8-21)19-11/h7,10-13,19,21-23H,8H2,1-6H3/t10-,11+,12+,13-/m0/s1. The summed E-state index contributed by atoms with van der Waals surface area (Å²) in [4.78, 5) is 8.55. The average molecular weight is 355 g/mol. The summed E-state index contributed by atoms with van der Waals surface area (Å²) < 4.78 is 11.6. The van der Waals surface area contributed by atoms with E-state index in [2.05, 4.69) is 15.3 Å². The molecule has 0 amide bonds. The lowest BCUT2D eigenvalue weighted by molar-refractivity contribution is 0.0185. The second kappa shape index (κ2) is 7.03. The lowest BCUT2D eigenvalue weighted by atomic mass is 10.0. The maximum atomic E-state index is 10.3. The van der Waals surface area contributed by atoms with E-state index in [0.29, 0.717) is 5.56 Å². The Morgan fingerprint density at radius 3 is 2.12 bits per heavy atom. The van der Waals surface area contributed by atoms with Crippen LogP contribution in [0.5, 0.6) is 11.9 Å². The third-order valence-electron chi connectivity index (χ3n) is 3.59. The van der Waals surface area contributed by atoms with Crippen molar-refractivity contribution in [3.8, 4) is 11.9 Å². The summed E-state index contributed by atoms with van der Waals surface area (Å²) in [6.45, 7) is 11.0. The molecule has 1 aliphatic rings. The highest BCUT2D eigenvalue weighted by Crippen LogP contribution is 2.34. The Bertz CT molecular complexity index is 597. The smallest absolute Gasteiger partial charge is 0.320 e. The van der Waals surface area contributed by atoms with Crippen LogP contribution in [0.15, 0.2) is 6.20 Å². The number of hydrogen-bond acceptors (Lipinski definition) is 8. The number of rotatable bonds is 4. The van der Waals surface area contributed by atoms with Crippen LogP contribution in [0, 0.1) is 0 Å². The molecule has 1 saturated heterocycles. The second-order valence-electron chi connectivity index (χ2n) is 8.26. The fourth-order valence-electron chi connectivity index (χ4n) is 2.57. The van der Waals surface area contributed by atoms with Gasteiger partial charge in [0, 0.05) is 6.20 Å². The molecule has 1 aliphatic heterocycles. The first kappa shape index (κ1) is 19.8. The lowest BCUT2D eigenvalue weighted by Crippen LogP contribution is -2.35. The second-order valence-corrected chi connectivity index (χ2v) is 8.26. The van der Waals surface area contributed by atoms with Gasteiger partial charge in [0.1, 0.15) is 17.3 Å². The molecule has 0 unspecified atom stereocenters. The van der Waals surface area contributed by atoms with Crippen LogP contribution in [0.4, 0.5) is 0 Å². The number of aromatic nitrogens is 2. The van der Waals surface area contributed by atoms with Crippen molar-refractivity contribution in [2.75, 3.05) is 6.61 Å². The molecule has 1 fully saturated rings. The van der Waals surface area contributed by atoms with Gasteiger partial charge in [-0.15, -0.1) is 0 Å².